The number of benzene rings is 1. The zero-order valence-electron chi connectivity index (χ0n) is 15.1. The van der Waals surface area contributed by atoms with Gasteiger partial charge in [-0.25, -0.2) is 0 Å². The maximum absolute atomic E-state index is 11.9. The molecule has 0 spiro atoms. The first-order chi connectivity index (χ1) is 12.5. The molecule has 26 heavy (non-hydrogen) atoms. The molecular formula is C19H21N5O2. The number of anilines is 1. The van der Waals surface area contributed by atoms with E-state index in [1.165, 1.54) is 12.5 Å². The van der Waals surface area contributed by atoms with Crippen LogP contribution in [0.4, 0.5) is 5.69 Å². The van der Waals surface area contributed by atoms with Gasteiger partial charge < -0.3 is 14.7 Å². The van der Waals surface area contributed by atoms with E-state index in [2.05, 4.69) is 44.4 Å². The molecule has 0 aliphatic carbocycles. The Morgan fingerprint density at radius 1 is 1.31 bits per heavy atom. The minimum Gasteiger partial charge on any atom is -0.368 e. The highest BCUT2D eigenvalue weighted by Crippen LogP contribution is 2.36. The quantitative estimate of drug-likeness (QED) is 0.780. The summed E-state index contributed by atoms with van der Waals surface area (Å²) in [4.78, 5) is 23.0. The molecule has 4 rings (SSSR count). The van der Waals surface area contributed by atoms with E-state index in [1.807, 2.05) is 18.3 Å². The molecule has 1 aliphatic rings. The summed E-state index contributed by atoms with van der Waals surface area (Å²) in [5, 5.41) is 8.26. The fraction of sp³-hybridized carbons (Fsp3) is 0.368. The van der Waals surface area contributed by atoms with E-state index in [-0.39, 0.29) is 5.91 Å². The average Bonchev–Trinajstić information content (AvgIpc) is 3.21. The minimum absolute atomic E-state index is 0.107. The molecular weight excluding hydrogens is 330 g/mol. The Balaban J connectivity index is 1.75. The maximum atomic E-state index is 11.9. The molecule has 134 valence electrons. The van der Waals surface area contributed by atoms with Gasteiger partial charge in [-0.15, -0.1) is 0 Å². The Hall–Kier alpha value is -2.96. The van der Waals surface area contributed by atoms with Crippen LogP contribution in [0.25, 0.3) is 10.9 Å². The van der Waals surface area contributed by atoms with E-state index < -0.39 is 5.54 Å². The van der Waals surface area contributed by atoms with Crippen LogP contribution >= 0.6 is 0 Å². The van der Waals surface area contributed by atoms with Gasteiger partial charge in [0.2, 0.25) is 11.8 Å². The number of amides is 1. The first-order valence-corrected chi connectivity index (χ1v) is 8.67. The molecule has 1 amide bonds. The van der Waals surface area contributed by atoms with Crippen molar-refractivity contribution in [2.45, 2.75) is 32.7 Å². The topological polar surface area (TPSA) is 84.2 Å². The van der Waals surface area contributed by atoms with Crippen LogP contribution in [0, 0.1) is 13.8 Å². The fourth-order valence-corrected chi connectivity index (χ4v) is 3.71. The fourth-order valence-electron chi connectivity index (χ4n) is 3.71. The van der Waals surface area contributed by atoms with E-state index in [9.17, 15) is 4.79 Å². The van der Waals surface area contributed by atoms with Crippen LogP contribution in [0.2, 0.25) is 0 Å². The number of hydrogen-bond donors (Lipinski definition) is 1. The summed E-state index contributed by atoms with van der Waals surface area (Å²) in [6.07, 6.45) is 2.53. The smallest absolute Gasteiger partial charge is 0.223 e. The third kappa shape index (κ3) is 2.79. The Morgan fingerprint density at radius 3 is 2.88 bits per heavy atom. The van der Waals surface area contributed by atoms with Crippen LogP contribution < -0.4 is 10.2 Å². The predicted molar refractivity (Wildman–Crippen MR) is 97.8 cm³/mol. The summed E-state index contributed by atoms with van der Waals surface area (Å²) in [7, 11) is 0. The second kappa shape index (κ2) is 6.09. The number of fused-ring (bicyclic) bond motifs is 1. The zero-order valence-corrected chi connectivity index (χ0v) is 15.1. The van der Waals surface area contributed by atoms with Gasteiger partial charge in [0.1, 0.15) is 5.54 Å². The van der Waals surface area contributed by atoms with Gasteiger partial charge in [-0.3, -0.25) is 9.78 Å². The number of nitrogens with zero attached hydrogens (tertiary/aromatic N) is 4. The van der Waals surface area contributed by atoms with Crippen molar-refractivity contribution in [1.82, 2.24) is 20.4 Å². The SMILES string of the molecule is CC(=O)N[C@@]1(c2noc(C)n2)CCN(c2ccnc3ccc(C)cc23)C1. The van der Waals surface area contributed by atoms with Crippen molar-refractivity contribution in [2.24, 2.45) is 0 Å². The van der Waals surface area contributed by atoms with Crippen LogP contribution in [0.1, 0.15) is 30.6 Å². The summed E-state index contributed by atoms with van der Waals surface area (Å²) >= 11 is 0. The van der Waals surface area contributed by atoms with E-state index in [1.54, 1.807) is 6.92 Å². The molecule has 3 heterocycles. The molecule has 2 aromatic heterocycles. The minimum atomic E-state index is -0.650. The van der Waals surface area contributed by atoms with Crippen LogP contribution in [-0.2, 0) is 10.3 Å². The van der Waals surface area contributed by atoms with Crippen LogP contribution in [0.15, 0.2) is 35.0 Å². The van der Waals surface area contributed by atoms with Crippen molar-refractivity contribution < 1.29 is 9.32 Å². The molecule has 0 radical (unpaired) electrons. The van der Waals surface area contributed by atoms with Gasteiger partial charge in [-0.1, -0.05) is 16.8 Å². The highest BCUT2D eigenvalue weighted by Gasteiger charge is 2.44. The number of carbonyl (C=O) groups is 1. The highest BCUT2D eigenvalue weighted by molar-refractivity contribution is 5.92. The Kier molecular flexibility index (Phi) is 3.86. The lowest BCUT2D eigenvalue weighted by Gasteiger charge is -2.28. The highest BCUT2D eigenvalue weighted by atomic mass is 16.5. The molecule has 7 nitrogen and oxygen atoms in total. The summed E-state index contributed by atoms with van der Waals surface area (Å²) < 4.78 is 5.17. The second-order valence-corrected chi connectivity index (χ2v) is 6.92. The lowest BCUT2D eigenvalue weighted by molar-refractivity contribution is -0.120. The third-order valence-electron chi connectivity index (χ3n) is 4.85. The Bertz CT molecular complexity index is 983. The third-order valence-corrected chi connectivity index (χ3v) is 4.85. The zero-order chi connectivity index (χ0) is 18.3. The lowest BCUT2D eigenvalue weighted by atomic mass is 9.97. The number of nitrogens with one attached hydrogen (secondary N) is 1. The van der Waals surface area contributed by atoms with Crippen molar-refractivity contribution >= 4 is 22.5 Å². The number of aryl methyl sites for hydroxylation is 2. The molecule has 0 unspecified atom stereocenters. The van der Waals surface area contributed by atoms with Crippen molar-refractivity contribution in [3.63, 3.8) is 0 Å². The summed E-state index contributed by atoms with van der Waals surface area (Å²) in [5.41, 5.74) is 2.60. The summed E-state index contributed by atoms with van der Waals surface area (Å²) in [6.45, 7) is 6.70. The van der Waals surface area contributed by atoms with Gasteiger partial charge in [-0.2, -0.15) is 4.98 Å². The number of aromatic nitrogens is 3. The van der Waals surface area contributed by atoms with Crippen molar-refractivity contribution in [3.05, 3.63) is 47.7 Å². The van der Waals surface area contributed by atoms with Crippen molar-refractivity contribution in [2.75, 3.05) is 18.0 Å². The van der Waals surface area contributed by atoms with Crippen molar-refractivity contribution in [1.29, 1.82) is 0 Å². The standard InChI is InChI=1S/C19H21N5O2/c1-12-4-5-16-15(10-12)17(6-8-20-16)24-9-7-19(11-24,22-13(2)25)18-21-14(3)26-23-18/h4-6,8,10H,7,9,11H2,1-3H3,(H,22,25)/t19-/m0/s1. The molecule has 1 atom stereocenters. The first kappa shape index (κ1) is 16.5. The normalized spacial score (nSPS) is 19.9. The molecule has 1 N–H and O–H groups in total. The van der Waals surface area contributed by atoms with E-state index in [4.69, 9.17) is 4.52 Å². The van der Waals surface area contributed by atoms with Gasteiger partial charge in [0.15, 0.2) is 5.82 Å². The summed E-state index contributed by atoms with van der Waals surface area (Å²) in [5.74, 6) is 0.917. The number of rotatable bonds is 3. The molecule has 7 heteroatoms. The summed E-state index contributed by atoms with van der Waals surface area (Å²) in [6, 6.07) is 8.27. The second-order valence-electron chi connectivity index (χ2n) is 6.92. The molecule has 1 aliphatic heterocycles. The number of hydrogen-bond acceptors (Lipinski definition) is 6. The molecule has 0 bridgehead atoms. The van der Waals surface area contributed by atoms with Gasteiger partial charge in [-0.05, 0) is 31.5 Å². The first-order valence-electron chi connectivity index (χ1n) is 8.67. The average molecular weight is 351 g/mol. The van der Waals surface area contributed by atoms with Crippen LogP contribution in [0.3, 0.4) is 0 Å². The Morgan fingerprint density at radius 2 is 2.15 bits per heavy atom. The monoisotopic (exact) mass is 351 g/mol. The van der Waals surface area contributed by atoms with Gasteiger partial charge in [0, 0.05) is 44.2 Å². The van der Waals surface area contributed by atoms with E-state index in [0.717, 1.165) is 23.1 Å². The molecule has 1 saturated heterocycles. The van der Waals surface area contributed by atoms with Crippen LogP contribution in [-0.4, -0.2) is 34.1 Å². The van der Waals surface area contributed by atoms with E-state index in [0.29, 0.717) is 24.7 Å². The molecule has 1 fully saturated rings. The largest absolute Gasteiger partial charge is 0.368 e. The Labute approximate surface area is 151 Å². The number of pyridine rings is 1. The van der Waals surface area contributed by atoms with E-state index >= 15 is 0 Å². The maximum Gasteiger partial charge on any atom is 0.223 e. The molecule has 3 aromatic rings. The van der Waals surface area contributed by atoms with Crippen molar-refractivity contribution in [3.8, 4) is 0 Å². The van der Waals surface area contributed by atoms with Gasteiger partial charge in [0.25, 0.3) is 0 Å². The van der Waals surface area contributed by atoms with Gasteiger partial charge in [0.05, 0.1) is 5.52 Å². The predicted octanol–water partition coefficient (Wildman–Crippen LogP) is 2.48. The lowest BCUT2D eigenvalue weighted by Crippen LogP contribution is -2.48. The van der Waals surface area contributed by atoms with Crippen LogP contribution in [0.5, 0.6) is 0 Å². The van der Waals surface area contributed by atoms with Gasteiger partial charge >= 0.3 is 0 Å². The molecule has 1 aromatic carbocycles. The molecule has 0 saturated carbocycles. The number of carbonyl (C=O) groups excluding carboxylic acids is 1.